The Bertz CT molecular complexity index is 381. The molecule has 0 bridgehead atoms. The van der Waals surface area contributed by atoms with Crippen molar-refractivity contribution in [3.8, 4) is 0 Å². The molecule has 80 valence electrons. The molecule has 0 amide bonds. The predicted octanol–water partition coefficient (Wildman–Crippen LogP) is 2.98. The fraction of sp³-hybridized carbons (Fsp3) is 0.417. The summed E-state index contributed by atoms with van der Waals surface area (Å²) in [6.07, 6.45) is 0.846. The number of aryl methyl sites for hydroxylation is 1. The number of benzene rings is 1. The average molecular weight is 269 g/mol. The van der Waals surface area contributed by atoms with E-state index in [1.807, 2.05) is 25.1 Å². The number of halogens is 1. The molecule has 2 rings (SSSR count). The molecule has 0 saturated carbocycles. The Hall–Kier alpha value is -0.670. The predicted molar refractivity (Wildman–Crippen MR) is 62.1 cm³/mol. The molecule has 15 heavy (non-hydrogen) atoms. The monoisotopic (exact) mass is 268 g/mol. The Morgan fingerprint density at radius 1 is 1.53 bits per heavy atom. The molecule has 1 aromatic carbocycles. The topological polar surface area (TPSA) is 26.3 Å². The van der Waals surface area contributed by atoms with Crippen molar-refractivity contribution in [1.82, 2.24) is 0 Å². The molecule has 0 aromatic heterocycles. The van der Waals surface area contributed by atoms with Crippen LogP contribution in [-0.4, -0.2) is 19.0 Å². The van der Waals surface area contributed by atoms with E-state index in [0.717, 1.165) is 22.0 Å². The maximum Gasteiger partial charge on any atom is 0.169 e. The highest BCUT2D eigenvalue weighted by Gasteiger charge is 2.25. The molecule has 2 nitrogen and oxygen atoms in total. The van der Waals surface area contributed by atoms with Crippen LogP contribution in [0.25, 0.3) is 0 Å². The Kier molecular flexibility index (Phi) is 3.22. The van der Waals surface area contributed by atoms with Crippen molar-refractivity contribution < 1.29 is 9.53 Å². The van der Waals surface area contributed by atoms with Crippen LogP contribution in [0.1, 0.15) is 22.3 Å². The van der Waals surface area contributed by atoms with Crippen molar-refractivity contribution in [2.75, 3.05) is 13.2 Å². The molecular formula is C12H13BrO2. The third-order valence-corrected chi connectivity index (χ3v) is 3.38. The smallest absolute Gasteiger partial charge is 0.169 e. The molecule has 1 atom stereocenters. The Morgan fingerprint density at radius 2 is 2.33 bits per heavy atom. The van der Waals surface area contributed by atoms with Crippen molar-refractivity contribution in [3.63, 3.8) is 0 Å². The highest BCUT2D eigenvalue weighted by molar-refractivity contribution is 9.10. The van der Waals surface area contributed by atoms with Crippen LogP contribution in [0.5, 0.6) is 0 Å². The van der Waals surface area contributed by atoms with E-state index in [-0.39, 0.29) is 11.7 Å². The van der Waals surface area contributed by atoms with E-state index in [4.69, 9.17) is 4.74 Å². The Morgan fingerprint density at radius 3 is 3.00 bits per heavy atom. The normalized spacial score (nSPS) is 20.5. The van der Waals surface area contributed by atoms with Gasteiger partial charge in [-0.05, 0) is 25.5 Å². The van der Waals surface area contributed by atoms with Crippen molar-refractivity contribution in [2.24, 2.45) is 5.92 Å². The van der Waals surface area contributed by atoms with Gasteiger partial charge in [0, 0.05) is 22.6 Å². The summed E-state index contributed by atoms with van der Waals surface area (Å²) in [6.45, 7) is 3.27. The first kappa shape index (κ1) is 10.8. The number of carbonyl (C=O) groups excluding carboxylic acids is 1. The van der Waals surface area contributed by atoms with E-state index >= 15 is 0 Å². The first-order chi connectivity index (χ1) is 7.18. The number of ketones is 1. The second-order valence-corrected chi connectivity index (χ2v) is 4.76. The number of rotatable bonds is 2. The summed E-state index contributed by atoms with van der Waals surface area (Å²) < 4.78 is 6.11. The largest absolute Gasteiger partial charge is 0.381 e. The third-order valence-electron chi connectivity index (χ3n) is 2.69. The average Bonchev–Trinajstić information content (AvgIpc) is 2.74. The summed E-state index contributed by atoms with van der Waals surface area (Å²) in [7, 11) is 0. The zero-order valence-electron chi connectivity index (χ0n) is 8.63. The van der Waals surface area contributed by atoms with Gasteiger partial charge >= 0.3 is 0 Å². The highest BCUT2D eigenvalue weighted by atomic mass is 79.9. The lowest BCUT2D eigenvalue weighted by Crippen LogP contribution is -2.15. The van der Waals surface area contributed by atoms with Gasteiger partial charge in [0.15, 0.2) is 5.78 Å². The van der Waals surface area contributed by atoms with Gasteiger partial charge < -0.3 is 4.74 Å². The zero-order chi connectivity index (χ0) is 10.8. The lowest BCUT2D eigenvalue weighted by atomic mass is 9.96. The molecular weight excluding hydrogens is 256 g/mol. The van der Waals surface area contributed by atoms with Gasteiger partial charge in [-0.1, -0.05) is 27.6 Å². The second kappa shape index (κ2) is 4.45. The highest BCUT2D eigenvalue weighted by Crippen LogP contribution is 2.24. The summed E-state index contributed by atoms with van der Waals surface area (Å²) in [6, 6.07) is 5.86. The number of hydrogen-bond acceptors (Lipinski definition) is 2. The van der Waals surface area contributed by atoms with Crippen LogP contribution in [0.3, 0.4) is 0 Å². The lowest BCUT2D eigenvalue weighted by molar-refractivity contribution is 0.0899. The summed E-state index contributed by atoms with van der Waals surface area (Å²) >= 11 is 3.42. The minimum atomic E-state index is 0.0445. The first-order valence-corrected chi connectivity index (χ1v) is 5.86. The molecule has 1 heterocycles. The van der Waals surface area contributed by atoms with Gasteiger partial charge in [-0.3, -0.25) is 4.79 Å². The lowest BCUT2D eigenvalue weighted by Gasteiger charge is -2.09. The standard InChI is InChI=1S/C12H13BrO2/c1-8-2-3-11(13)10(6-8)12(14)9-4-5-15-7-9/h2-3,6,9H,4-5,7H2,1H3. The minimum Gasteiger partial charge on any atom is -0.381 e. The van der Waals surface area contributed by atoms with E-state index in [0.29, 0.717) is 13.2 Å². The van der Waals surface area contributed by atoms with Crippen molar-refractivity contribution in [1.29, 1.82) is 0 Å². The summed E-state index contributed by atoms with van der Waals surface area (Å²) in [5, 5.41) is 0. The van der Waals surface area contributed by atoms with Crippen LogP contribution >= 0.6 is 15.9 Å². The molecule has 0 radical (unpaired) electrons. The van der Waals surface area contributed by atoms with Crippen molar-refractivity contribution >= 4 is 21.7 Å². The molecule has 1 saturated heterocycles. The van der Waals surface area contributed by atoms with Crippen LogP contribution < -0.4 is 0 Å². The number of ether oxygens (including phenoxy) is 1. The molecule has 1 fully saturated rings. The fourth-order valence-electron chi connectivity index (χ4n) is 1.79. The van der Waals surface area contributed by atoms with Crippen LogP contribution in [0.2, 0.25) is 0 Å². The van der Waals surface area contributed by atoms with Crippen molar-refractivity contribution in [3.05, 3.63) is 33.8 Å². The van der Waals surface area contributed by atoms with Crippen molar-refractivity contribution in [2.45, 2.75) is 13.3 Å². The molecule has 1 aliphatic rings. The molecule has 0 spiro atoms. The Balaban J connectivity index is 2.27. The van der Waals surface area contributed by atoms with E-state index < -0.39 is 0 Å². The van der Waals surface area contributed by atoms with Gasteiger partial charge in [-0.2, -0.15) is 0 Å². The van der Waals surface area contributed by atoms with Gasteiger partial charge in [-0.25, -0.2) is 0 Å². The maximum absolute atomic E-state index is 12.1. The van der Waals surface area contributed by atoms with Gasteiger partial charge in [0.1, 0.15) is 0 Å². The molecule has 0 N–H and O–H groups in total. The van der Waals surface area contributed by atoms with E-state index in [1.165, 1.54) is 0 Å². The second-order valence-electron chi connectivity index (χ2n) is 3.91. The molecule has 1 aromatic rings. The summed E-state index contributed by atoms with van der Waals surface area (Å²) in [4.78, 5) is 12.1. The zero-order valence-corrected chi connectivity index (χ0v) is 10.2. The summed E-state index contributed by atoms with van der Waals surface area (Å²) in [5.74, 6) is 0.242. The molecule has 3 heteroatoms. The number of Topliss-reactive ketones (excluding diaryl/α,β-unsaturated/α-hetero) is 1. The number of carbonyl (C=O) groups is 1. The molecule has 1 unspecified atom stereocenters. The van der Waals surface area contributed by atoms with Gasteiger partial charge in [-0.15, -0.1) is 0 Å². The van der Waals surface area contributed by atoms with Crippen LogP contribution in [0.15, 0.2) is 22.7 Å². The molecule has 1 aliphatic heterocycles. The third kappa shape index (κ3) is 2.29. The van der Waals surface area contributed by atoms with Gasteiger partial charge in [0.2, 0.25) is 0 Å². The fourth-order valence-corrected chi connectivity index (χ4v) is 2.23. The summed E-state index contributed by atoms with van der Waals surface area (Å²) in [5.41, 5.74) is 1.89. The number of hydrogen-bond donors (Lipinski definition) is 0. The van der Waals surface area contributed by atoms with E-state index in [2.05, 4.69) is 15.9 Å². The van der Waals surface area contributed by atoms with Gasteiger partial charge in [0.25, 0.3) is 0 Å². The van der Waals surface area contributed by atoms with Crippen LogP contribution in [-0.2, 0) is 4.74 Å². The SMILES string of the molecule is Cc1ccc(Br)c(C(=O)C2CCOC2)c1. The van der Waals surface area contributed by atoms with Gasteiger partial charge in [0.05, 0.1) is 6.61 Å². The Labute approximate surface area is 97.8 Å². The quantitative estimate of drug-likeness (QED) is 0.771. The minimum absolute atomic E-state index is 0.0445. The van der Waals surface area contributed by atoms with E-state index in [1.54, 1.807) is 0 Å². The van der Waals surface area contributed by atoms with E-state index in [9.17, 15) is 4.79 Å². The first-order valence-electron chi connectivity index (χ1n) is 5.06. The molecule has 0 aliphatic carbocycles. The van der Waals surface area contributed by atoms with Crippen LogP contribution in [0.4, 0.5) is 0 Å². The van der Waals surface area contributed by atoms with Crippen LogP contribution in [0, 0.1) is 12.8 Å². The maximum atomic E-state index is 12.1.